The Hall–Kier alpha value is -1.32. The fourth-order valence-electron chi connectivity index (χ4n) is 1.37. The number of pyridine rings is 1. The summed E-state index contributed by atoms with van der Waals surface area (Å²) in [4.78, 5) is 4.13. The standard InChI is InChI=1S/C13H10Cl2FNO/c1-8-2-3-9(6-11(8)16)18-13-5-4-10(15)12(7-14)17-13/h2-6H,7H2,1H3. The minimum atomic E-state index is -0.320. The molecule has 0 unspecified atom stereocenters. The van der Waals surface area contributed by atoms with Crippen LogP contribution < -0.4 is 4.74 Å². The van der Waals surface area contributed by atoms with E-state index in [0.29, 0.717) is 27.9 Å². The van der Waals surface area contributed by atoms with Gasteiger partial charge in [0.2, 0.25) is 5.88 Å². The van der Waals surface area contributed by atoms with Crippen molar-refractivity contribution in [2.75, 3.05) is 0 Å². The summed E-state index contributed by atoms with van der Waals surface area (Å²) < 4.78 is 18.8. The quantitative estimate of drug-likeness (QED) is 0.762. The molecule has 2 rings (SSSR count). The molecule has 5 heteroatoms. The van der Waals surface area contributed by atoms with Gasteiger partial charge < -0.3 is 4.74 Å². The fraction of sp³-hybridized carbons (Fsp3) is 0.154. The minimum absolute atomic E-state index is 0.193. The summed E-state index contributed by atoms with van der Waals surface area (Å²) in [6.45, 7) is 1.69. The highest BCUT2D eigenvalue weighted by Crippen LogP contribution is 2.25. The lowest BCUT2D eigenvalue weighted by Crippen LogP contribution is -1.93. The molecule has 18 heavy (non-hydrogen) atoms. The zero-order valence-corrected chi connectivity index (χ0v) is 11.1. The first-order chi connectivity index (χ1) is 8.60. The lowest BCUT2D eigenvalue weighted by atomic mass is 10.2. The Balaban J connectivity index is 2.25. The van der Waals surface area contributed by atoms with E-state index in [-0.39, 0.29) is 11.7 Å². The van der Waals surface area contributed by atoms with Crippen molar-refractivity contribution in [2.24, 2.45) is 0 Å². The molecule has 1 aromatic heterocycles. The second kappa shape index (κ2) is 5.55. The molecule has 0 aliphatic rings. The summed E-state index contributed by atoms with van der Waals surface area (Å²) in [5.74, 6) is 0.587. The maximum atomic E-state index is 13.3. The number of rotatable bonds is 3. The number of hydrogen-bond donors (Lipinski definition) is 0. The van der Waals surface area contributed by atoms with E-state index < -0.39 is 0 Å². The normalized spacial score (nSPS) is 10.4. The smallest absolute Gasteiger partial charge is 0.219 e. The van der Waals surface area contributed by atoms with Crippen LogP contribution in [0.5, 0.6) is 11.6 Å². The van der Waals surface area contributed by atoms with Crippen molar-refractivity contribution < 1.29 is 9.13 Å². The topological polar surface area (TPSA) is 22.1 Å². The number of halogens is 3. The molecule has 0 N–H and O–H groups in total. The first-order valence-corrected chi connectivity index (χ1v) is 6.17. The van der Waals surface area contributed by atoms with Crippen LogP contribution in [-0.4, -0.2) is 4.98 Å². The predicted molar refractivity (Wildman–Crippen MR) is 70.0 cm³/mol. The van der Waals surface area contributed by atoms with E-state index in [0.717, 1.165) is 0 Å². The van der Waals surface area contributed by atoms with Gasteiger partial charge in [0.1, 0.15) is 11.6 Å². The third-order valence-electron chi connectivity index (χ3n) is 2.39. The molecule has 1 aromatic carbocycles. The summed E-state index contributed by atoms with van der Waals surface area (Å²) in [5, 5.41) is 0.479. The van der Waals surface area contributed by atoms with Gasteiger partial charge in [-0.15, -0.1) is 11.6 Å². The third-order valence-corrected chi connectivity index (χ3v) is 2.98. The van der Waals surface area contributed by atoms with Gasteiger partial charge in [0.25, 0.3) is 0 Å². The Morgan fingerprint density at radius 3 is 2.72 bits per heavy atom. The second-order valence-electron chi connectivity index (χ2n) is 3.72. The molecule has 2 aromatic rings. The van der Waals surface area contributed by atoms with E-state index >= 15 is 0 Å². The van der Waals surface area contributed by atoms with E-state index in [2.05, 4.69) is 4.98 Å². The molecule has 0 radical (unpaired) electrons. The SMILES string of the molecule is Cc1ccc(Oc2ccc(Cl)c(CCl)n2)cc1F. The van der Waals surface area contributed by atoms with Gasteiger partial charge in [-0.3, -0.25) is 0 Å². The molecule has 0 spiro atoms. The van der Waals surface area contributed by atoms with Crippen LogP contribution in [0.15, 0.2) is 30.3 Å². The highest BCUT2D eigenvalue weighted by Gasteiger charge is 2.06. The molecule has 0 aliphatic carbocycles. The van der Waals surface area contributed by atoms with Crippen LogP contribution >= 0.6 is 23.2 Å². The number of aromatic nitrogens is 1. The van der Waals surface area contributed by atoms with Crippen molar-refractivity contribution in [3.63, 3.8) is 0 Å². The molecule has 0 fully saturated rings. The molecular formula is C13H10Cl2FNO. The van der Waals surface area contributed by atoms with Crippen molar-refractivity contribution in [1.29, 1.82) is 0 Å². The molecule has 0 saturated carbocycles. The number of alkyl halides is 1. The van der Waals surface area contributed by atoms with E-state index in [1.807, 2.05) is 0 Å². The van der Waals surface area contributed by atoms with Gasteiger partial charge >= 0.3 is 0 Å². The molecule has 94 valence electrons. The molecule has 0 amide bonds. The summed E-state index contributed by atoms with van der Waals surface area (Å²) in [7, 11) is 0. The average molecular weight is 286 g/mol. The largest absolute Gasteiger partial charge is 0.439 e. The Morgan fingerprint density at radius 2 is 2.06 bits per heavy atom. The van der Waals surface area contributed by atoms with Crippen molar-refractivity contribution in [2.45, 2.75) is 12.8 Å². The van der Waals surface area contributed by atoms with Gasteiger partial charge in [-0.25, -0.2) is 9.37 Å². The average Bonchev–Trinajstić information content (AvgIpc) is 2.36. The Morgan fingerprint density at radius 1 is 1.28 bits per heavy atom. The Bertz CT molecular complexity index is 575. The summed E-state index contributed by atoms with van der Waals surface area (Å²) >= 11 is 11.6. The third kappa shape index (κ3) is 2.92. The van der Waals surface area contributed by atoms with E-state index in [4.69, 9.17) is 27.9 Å². The molecule has 1 heterocycles. The first kappa shape index (κ1) is 13.1. The van der Waals surface area contributed by atoms with Crippen LogP contribution in [-0.2, 0) is 5.88 Å². The van der Waals surface area contributed by atoms with E-state index in [9.17, 15) is 4.39 Å². The van der Waals surface area contributed by atoms with Crippen LogP contribution in [0.25, 0.3) is 0 Å². The number of ether oxygens (including phenoxy) is 1. The van der Waals surface area contributed by atoms with Crippen molar-refractivity contribution in [3.8, 4) is 11.6 Å². The predicted octanol–water partition coefficient (Wildman–Crippen LogP) is 4.71. The number of hydrogen-bond acceptors (Lipinski definition) is 2. The fourth-order valence-corrected chi connectivity index (χ4v) is 1.82. The molecule has 0 atom stereocenters. The monoisotopic (exact) mass is 285 g/mol. The van der Waals surface area contributed by atoms with Gasteiger partial charge in [0.15, 0.2) is 0 Å². The van der Waals surface area contributed by atoms with Crippen LogP contribution in [0.4, 0.5) is 4.39 Å². The van der Waals surface area contributed by atoms with Crippen LogP contribution in [0, 0.1) is 12.7 Å². The van der Waals surface area contributed by atoms with Gasteiger partial charge in [0.05, 0.1) is 16.6 Å². The lowest BCUT2D eigenvalue weighted by Gasteiger charge is -2.07. The van der Waals surface area contributed by atoms with Crippen molar-refractivity contribution >= 4 is 23.2 Å². The zero-order chi connectivity index (χ0) is 13.1. The maximum Gasteiger partial charge on any atom is 0.219 e. The van der Waals surface area contributed by atoms with Gasteiger partial charge in [-0.05, 0) is 24.6 Å². The first-order valence-electron chi connectivity index (χ1n) is 5.25. The highest BCUT2D eigenvalue weighted by molar-refractivity contribution is 6.32. The number of nitrogens with zero attached hydrogens (tertiary/aromatic N) is 1. The molecule has 2 nitrogen and oxygen atoms in total. The highest BCUT2D eigenvalue weighted by atomic mass is 35.5. The van der Waals surface area contributed by atoms with Crippen LogP contribution in [0.3, 0.4) is 0 Å². The molecular weight excluding hydrogens is 276 g/mol. The van der Waals surface area contributed by atoms with Gasteiger partial charge in [-0.1, -0.05) is 17.7 Å². The van der Waals surface area contributed by atoms with E-state index in [1.165, 1.54) is 6.07 Å². The lowest BCUT2D eigenvalue weighted by molar-refractivity contribution is 0.456. The van der Waals surface area contributed by atoms with Gasteiger partial charge in [0, 0.05) is 12.1 Å². The van der Waals surface area contributed by atoms with Crippen LogP contribution in [0.2, 0.25) is 5.02 Å². The minimum Gasteiger partial charge on any atom is -0.439 e. The molecule has 0 aliphatic heterocycles. The Labute approximate surface area is 114 Å². The Kier molecular flexibility index (Phi) is 4.04. The summed E-state index contributed by atoms with van der Waals surface area (Å²) in [6.07, 6.45) is 0. The molecule has 0 bridgehead atoms. The summed E-state index contributed by atoms with van der Waals surface area (Å²) in [5.41, 5.74) is 1.09. The summed E-state index contributed by atoms with van der Waals surface area (Å²) in [6, 6.07) is 7.88. The van der Waals surface area contributed by atoms with Crippen molar-refractivity contribution in [3.05, 3.63) is 52.4 Å². The van der Waals surface area contributed by atoms with Crippen LogP contribution in [0.1, 0.15) is 11.3 Å². The van der Waals surface area contributed by atoms with E-state index in [1.54, 1.807) is 31.2 Å². The van der Waals surface area contributed by atoms with Crippen molar-refractivity contribution in [1.82, 2.24) is 4.98 Å². The maximum absolute atomic E-state index is 13.3. The van der Waals surface area contributed by atoms with Gasteiger partial charge in [-0.2, -0.15) is 0 Å². The number of aryl methyl sites for hydroxylation is 1. The zero-order valence-electron chi connectivity index (χ0n) is 9.58. The second-order valence-corrected chi connectivity index (χ2v) is 4.40. The number of benzene rings is 1. The molecule has 0 saturated heterocycles.